The van der Waals surface area contributed by atoms with E-state index in [2.05, 4.69) is 0 Å². The number of aromatic nitrogens is 1. The molecule has 98 valence electrons. The Balaban J connectivity index is 2.43. The topological polar surface area (TPSA) is 62.5 Å². The van der Waals surface area contributed by atoms with Crippen LogP contribution in [0.5, 0.6) is 0 Å². The molecule has 5 nitrogen and oxygen atoms in total. The van der Waals surface area contributed by atoms with Gasteiger partial charge < -0.3 is 14.6 Å². The van der Waals surface area contributed by atoms with Crippen molar-refractivity contribution in [1.29, 1.82) is 0 Å². The summed E-state index contributed by atoms with van der Waals surface area (Å²) in [4.78, 5) is 26.0. The van der Waals surface area contributed by atoms with Crippen LogP contribution in [0.4, 0.5) is 0 Å². The highest BCUT2D eigenvalue weighted by Crippen LogP contribution is 2.14. The number of likely N-dealkylation sites (tertiary alicyclic amines) is 1. The van der Waals surface area contributed by atoms with E-state index in [1.807, 2.05) is 13.0 Å². The Labute approximate surface area is 106 Å². The van der Waals surface area contributed by atoms with E-state index in [1.54, 1.807) is 18.9 Å². The number of pyridine rings is 1. The fraction of sp³-hybridized carbons (Fsp3) is 0.538. The maximum absolute atomic E-state index is 12.3. The zero-order valence-corrected chi connectivity index (χ0v) is 10.9. The summed E-state index contributed by atoms with van der Waals surface area (Å²) in [5, 5.41) is 9.46. The largest absolute Gasteiger partial charge is 0.391 e. The first-order valence-corrected chi connectivity index (χ1v) is 6.06. The molecule has 1 aliphatic heterocycles. The first kappa shape index (κ1) is 12.8. The molecule has 1 fully saturated rings. The van der Waals surface area contributed by atoms with Crippen molar-refractivity contribution in [2.24, 2.45) is 7.05 Å². The summed E-state index contributed by atoms with van der Waals surface area (Å²) in [6, 6.07) is 1.83. The molecule has 1 N–H and O–H groups in total. The van der Waals surface area contributed by atoms with E-state index in [4.69, 9.17) is 0 Å². The average Bonchev–Trinajstić information content (AvgIpc) is 2.73. The van der Waals surface area contributed by atoms with Gasteiger partial charge in [0.2, 0.25) is 0 Å². The van der Waals surface area contributed by atoms with Crippen molar-refractivity contribution in [1.82, 2.24) is 9.47 Å². The second-order valence-corrected chi connectivity index (χ2v) is 4.90. The number of carbonyl (C=O) groups excluding carboxylic acids is 1. The lowest BCUT2D eigenvalue weighted by atomic mass is 10.1. The average molecular weight is 250 g/mol. The summed E-state index contributed by atoms with van der Waals surface area (Å²) in [5.74, 6) is -0.273. The summed E-state index contributed by atoms with van der Waals surface area (Å²) in [7, 11) is 1.66. The van der Waals surface area contributed by atoms with Gasteiger partial charge >= 0.3 is 0 Å². The molecular formula is C13H18N2O3. The van der Waals surface area contributed by atoms with Crippen LogP contribution < -0.4 is 5.56 Å². The fourth-order valence-electron chi connectivity index (χ4n) is 2.32. The number of aliphatic hydroxyl groups is 1. The normalized spacial score (nSPS) is 19.3. The van der Waals surface area contributed by atoms with Crippen LogP contribution in [0.25, 0.3) is 0 Å². The molecule has 2 rings (SSSR count). The SMILES string of the molecule is Cc1cc(C)n(C)c(=O)c1C(=O)N1CC[C@H](O)C1. The smallest absolute Gasteiger partial charge is 0.263 e. The van der Waals surface area contributed by atoms with Gasteiger partial charge in [0.25, 0.3) is 11.5 Å². The van der Waals surface area contributed by atoms with Crippen LogP contribution in [0.3, 0.4) is 0 Å². The van der Waals surface area contributed by atoms with E-state index in [-0.39, 0.29) is 17.0 Å². The Morgan fingerprint density at radius 2 is 2.11 bits per heavy atom. The van der Waals surface area contributed by atoms with Gasteiger partial charge in [0.15, 0.2) is 0 Å². The van der Waals surface area contributed by atoms with E-state index in [9.17, 15) is 14.7 Å². The number of β-amino-alcohol motifs (C(OH)–C–C–N with tert-alkyl or cyclic N) is 1. The minimum absolute atomic E-state index is 0.220. The number of carbonyl (C=O) groups is 1. The van der Waals surface area contributed by atoms with E-state index >= 15 is 0 Å². The zero-order chi connectivity index (χ0) is 13.4. The Bertz CT molecular complexity index is 548. The molecule has 1 atom stereocenters. The number of aryl methyl sites for hydroxylation is 2. The lowest BCUT2D eigenvalue weighted by Gasteiger charge is -2.17. The maximum Gasteiger partial charge on any atom is 0.263 e. The third kappa shape index (κ3) is 2.06. The maximum atomic E-state index is 12.3. The Kier molecular flexibility index (Phi) is 3.26. The van der Waals surface area contributed by atoms with Gasteiger partial charge in [-0.15, -0.1) is 0 Å². The van der Waals surface area contributed by atoms with Gasteiger partial charge in [-0.2, -0.15) is 0 Å². The molecule has 0 bridgehead atoms. The van der Waals surface area contributed by atoms with Crippen LogP contribution in [-0.4, -0.2) is 39.7 Å². The monoisotopic (exact) mass is 250 g/mol. The van der Waals surface area contributed by atoms with Crippen molar-refractivity contribution in [3.05, 3.63) is 33.2 Å². The summed E-state index contributed by atoms with van der Waals surface area (Å²) in [5.41, 5.74) is 1.48. The number of amides is 1. The van der Waals surface area contributed by atoms with Crippen LogP contribution in [0.1, 0.15) is 28.0 Å². The van der Waals surface area contributed by atoms with Crippen LogP contribution >= 0.6 is 0 Å². The fourth-order valence-corrected chi connectivity index (χ4v) is 2.32. The third-order valence-corrected chi connectivity index (χ3v) is 3.53. The molecule has 0 saturated carbocycles. The summed E-state index contributed by atoms with van der Waals surface area (Å²) in [6.07, 6.45) is 0.111. The van der Waals surface area contributed by atoms with Gasteiger partial charge in [0, 0.05) is 25.8 Å². The van der Waals surface area contributed by atoms with E-state index in [1.165, 1.54) is 4.57 Å². The lowest BCUT2D eigenvalue weighted by molar-refractivity contribution is 0.0762. The Hall–Kier alpha value is -1.62. The van der Waals surface area contributed by atoms with Crippen molar-refractivity contribution < 1.29 is 9.90 Å². The molecular weight excluding hydrogens is 232 g/mol. The number of hydrogen-bond donors (Lipinski definition) is 1. The quantitative estimate of drug-likeness (QED) is 0.775. The highest BCUT2D eigenvalue weighted by atomic mass is 16.3. The Morgan fingerprint density at radius 1 is 1.44 bits per heavy atom. The molecule has 0 aliphatic carbocycles. The molecule has 0 unspecified atom stereocenters. The molecule has 1 saturated heterocycles. The molecule has 0 radical (unpaired) electrons. The highest BCUT2D eigenvalue weighted by Gasteiger charge is 2.28. The highest BCUT2D eigenvalue weighted by molar-refractivity contribution is 5.95. The van der Waals surface area contributed by atoms with E-state index in [0.717, 1.165) is 5.69 Å². The van der Waals surface area contributed by atoms with Gasteiger partial charge in [-0.05, 0) is 31.9 Å². The third-order valence-electron chi connectivity index (χ3n) is 3.53. The second-order valence-electron chi connectivity index (χ2n) is 4.90. The van der Waals surface area contributed by atoms with Crippen molar-refractivity contribution in [3.8, 4) is 0 Å². The van der Waals surface area contributed by atoms with Crippen LogP contribution in [0.15, 0.2) is 10.9 Å². The number of aliphatic hydroxyl groups excluding tert-OH is 1. The first-order valence-electron chi connectivity index (χ1n) is 6.06. The van der Waals surface area contributed by atoms with Gasteiger partial charge in [0.05, 0.1) is 6.10 Å². The van der Waals surface area contributed by atoms with E-state index in [0.29, 0.717) is 25.1 Å². The van der Waals surface area contributed by atoms with Gasteiger partial charge in [-0.1, -0.05) is 0 Å². The molecule has 1 aliphatic rings. The molecule has 18 heavy (non-hydrogen) atoms. The van der Waals surface area contributed by atoms with Gasteiger partial charge in [-0.25, -0.2) is 0 Å². The predicted molar refractivity (Wildman–Crippen MR) is 67.7 cm³/mol. The van der Waals surface area contributed by atoms with Crippen LogP contribution in [0, 0.1) is 13.8 Å². The van der Waals surface area contributed by atoms with Gasteiger partial charge in [0.1, 0.15) is 5.56 Å². The van der Waals surface area contributed by atoms with Gasteiger partial charge in [-0.3, -0.25) is 9.59 Å². The summed E-state index contributed by atoms with van der Waals surface area (Å²) in [6.45, 7) is 4.43. The second kappa shape index (κ2) is 4.57. The molecule has 0 aromatic carbocycles. The lowest BCUT2D eigenvalue weighted by Crippen LogP contribution is -2.36. The first-order chi connectivity index (χ1) is 8.41. The van der Waals surface area contributed by atoms with Crippen LogP contribution in [0.2, 0.25) is 0 Å². The summed E-state index contributed by atoms with van der Waals surface area (Å²) >= 11 is 0. The molecule has 2 heterocycles. The molecule has 1 aromatic rings. The number of rotatable bonds is 1. The molecule has 1 aromatic heterocycles. The van der Waals surface area contributed by atoms with Crippen molar-refractivity contribution in [2.75, 3.05) is 13.1 Å². The van der Waals surface area contributed by atoms with Crippen molar-refractivity contribution in [3.63, 3.8) is 0 Å². The van der Waals surface area contributed by atoms with E-state index < -0.39 is 6.10 Å². The minimum atomic E-state index is -0.469. The molecule has 0 spiro atoms. The molecule has 1 amide bonds. The molecule has 5 heteroatoms. The number of nitrogens with zero attached hydrogens (tertiary/aromatic N) is 2. The zero-order valence-electron chi connectivity index (χ0n) is 10.9. The minimum Gasteiger partial charge on any atom is -0.391 e. The Morgan fingerprint density at radius 3 is 2.67 bits per heavy atom. The van der Waals surface area contributed by atoms with Crippen LogP contribution in [-0.2, 0) is 7.05 Å². The van der Waals surface area contributed by atoms with Crippen molar-refractivity contribution in [2.45, 2.75) is 26.4 Å². The number of hydrogen-bond acceptors (Lipinski definition) is 3. The van der Waals surface area contributed by atoms with Crippen molar-refractivity contribution >= 4 is 5.91 Å². The standard InChI is InChI=1S/C13H18N2O3/c1-8-6-9(2)14(3)12(17)11(8)13(18)15-5-4-10(16)7-15/h6,10,16H,4-5,7H2,1-3H3/t10-/m0/s1. The summed E-state index contributed by atoms with van der Waals surface area (Å²) < 4.78 is 1.48. The predicted octanol–water partition coefficient (Wildman–Crippen LogP) is 0.209.